The lowest BCUT2D eigenvalue weighted by Crippen LogP contribution is -2.75. The Morgan fingerprint density at radius 3 is 1.56 bits per heavy atom. The van der Waals surface area contributed by atoms with Crippen molar-refractivity contribution in [2.45, 2.75) is 0 Å². The number of hydrogen-bond donors (Lipinski definition) is 0. The van der Waals surface area contributed by atoms with E-state index in [0.717, 1.165) is 43.8 Å². The van der Waals surface area contributed by atoms with Crippen LogP contribution < -0.4 is 20.7 Å². The lowest BCUT2D eigenvalue weighted by Gasteiger charge is -2.35. The summed E-state index contributed by atoms with van der Waals surface area (Å²) in [4.78, 5) is 0. The molecule has 4 nitrogen and oxygen atoms in total. The Labute approximate surface area is 291 Å². The molecule has 0 bridgehead atoms. The molecule has 50 heavy (non-hydrogen) atoms. The summed E-state index contributed by atoms with van der Waals surface area (Å²) in [7, 11) is -3.06. The Bertz CT molecular complexity index is 2580. The van der Waals surface area contributed by atoms with Gasteiger partial charge in [0.25, 0.3) is 0 Å². The maximum absolute atomic E-state index is 11.3. The summed E-state index contributed by atoms with van der Waals surface area (Å²) in [6.45, 7) is 0. The standard InChI is InChI=1S/C45H28N4Si/c46-29-32-23-25-43(49-42-21-11-10-19-38(42)40-28-33(30-47)24-26-44(40)49)39(27-32)37-20-12-22-45(41(37)31-48)50(34-13-4-1-5-14-34,35-15-6-2-7-16-35)36-17-8-3-9-18-36/h1-28H. The Balaban J connectivity index is 1.49. The Hall–Kier alpha value is -6.97. The maximum atomic E-state index is 11.3. The summed E-state index contributed by atoms with van der Waals surface area (Å²) in [6.07, 6.45) is 0. The fraction of sp³-hybridized carbons (Fsp3) is 0. The van der Waals surface area contributed by atoms with Crippen LogP contribution in [0.3, 0.4) is 0 Å². The molecular weight excluding hydrogens is 625 g/mol. The fourth-order valence-electron chi connectivity index (χ4n) is 7.56. The smallest absolute Gasteiger partial charge is 0.180 e. The first-order valence-electron chi connectivity index (χ1n) is 16.4. The monoisotopic (exact) mass is 652 g/mol. The molecule has 0 saturated carbocycles. The number of fused-ring (bicyclic) bond motifs is 3. The second-order valence-corrected chi connectivity index (χ2v) is 16.0. The molecule has 8 rings (SSSR count). The molecule has 0 aliphatic heterocycles. The van der Waals surface area contributed by atoms with Crippen LogP contribution in [0.1, 0.15) is 16.7 Å². The summed E-state index contributed by atoms with van der Waals surface area (Å²) in [5.74, 6) is 0. The Morgan fingerprint density at radius 2 is 0.960 bits per heavy atom. The van der Waals surface area contributed by atoms with E-state index in [0.29, 0.717) is 16.7 Å². The molecular formula is C45H28N4Si. The van der Waals surface area contributed by atoms with Crippen LogP contribution in [0.4, 0.5) is 0 Å². The summed E-state index contributed by atoms with van der Waals surface area (Å²) in [5, 5.41) is 37.6. The van der Waals surface area contributed by atoms with Gasteiger partial charge in [-0.3, -0.25) is 0 Å². The highest BCUT2D eigenvalue weighted by Gasteiger charge is 2.43. The minimum Gasteiger partial charge on any atom is -0.309 e. The Kier molecular flexibility index (Phi) is 7.63. The van der Waals surface area contributed by atoms with Gasteiger partial charge in [0.1, 0.15) is 0 Å². The van der Waals surface area contributed by atoms with Gasteiger partial charge in [-0.25, -0.2) is 0 Å². The third-order valence-corrected chi connectivity index (χ3v) is 14.5. The SMILES string of the molecule is N#Cc1ccc(-n2c3ccccc3c3cc(C#N)ccc32)c(-c2cccc([Si](c3ccccc3)(c3ccccc3)c3ccccc3)c2C#N)c1. The molecule has 0 atom stereocenters. The molecule has 5 heteroatoms. The van der Waals surface area contributed by atoms with Gasteiger partial charge in [-0.15, -0.1) is 0 Å². The topological polar surface area (TPSA) is 76.3 Å². The largest absolute Gasteiger partial charge is 0.309 e. The van der Waals surface area contributed by atoms with Crippen molar-refractivity contribution in [3.05, 3.63) is 187 Å². The van der Waals surface area contributed by atoms with Crippen molar-refractivity contribution >= 4 is 50.6 Å². The van der Waals surface area contributed by atoms with E-state index in [2.05, 4.69) is 120 Å². The highest BCUT2D eigenvalue weighted by atomic mass is 28.3. The normalized spacial score (nSPS) is 11.1. The molecule has 1 aromatic heterocycles. The molecule has 0 fully saturated rings. The van der Waals surface area contributed by atoms with Crippen LogP contribution in [0, 0.1) is 34.0 Å². The lowest BCUT2D eigenvalue weighted by atomic mass is 9.96. The fourth-order valence-corrected chi connectivity index (χ4v) is 12.5. The molecule has 0 radical (unpaired) electrons. The van der Waals surface area contributed by atoms with E-state index >= 15 is 0 Å². The van der Waals surface area contributed by atoms with E-state index < -0.39 is 8.07 Å². The predicted molar refractivity (Wildman–Crippen MR) is 204 cm³/mol. The zero-order chi connectivity index (χ0) is 34.1. The molecule has 7 aromatic carbocycles. The minimum atomic E-state index is -3.06. The minimum absolute atomic E-state index is 0.503. The van der Waals surface area contributed by atoms with Crippen LogP contribution in [-0.4, -0.2) is 12.6 Å². The zero-order valence-corrected chi connectivity index (χ0v) is 28.0. The van der Waals surface area contributed by atoms with Gasteiger partial charge in [0.2, 0.25) is 0 Å². The van der Waals surface area contributed by atoms with Gasteiger partial charge in [-0.1, -0.05) is 127 Å². The van der Waals surface area contributed by atoms with Crippen LogP contribution >= 0.6 is 0 Å². The molecule has 0 aliphatic rings. The number of rotatable bonds is 6. The van der Waals surface area contributed by atoms with Gasteiger partial charge in [-0.05, 0) is 63.2 Å². The van der Waals surface area contributed by atoms with E-state index in [1.165, 1.54) is 15.6 Å². The quantitative estimate of drug-likeness (QED) is 0.138. The van der Waals surface area contributed by atoms with E-state index in [-0.39, 0.29) is 0 Å². The third-order valence-electron chi connectivity index (χ3n) is 9.66. The number of hydrogen-bond acceptors (Lipinski definition) is 3. The molecule has 0 unspecified atom stereocenters. The van der Waals surface area contributed by atoms with Crippen molar-refractivity contribution in [3.63, 3.8) is 0 Å². The Morgan fingerprint density at radius 1 is 0.420 bits per heavy atom. The lowest BCUT2D eigenvalue weighted by molar-refractivity contribution is 1.18. The molecule has 0 aliphatic carbocycles. The van der Waals surface area contributed by atoms with E-state index in [4.69, 9.17) is 0 Å². The second kappa shape index (κ2) is 12.6. The molecule has 0 spiro atoms. The average Bonchev–Trinajstić information content (AvgIpc) is 3.52. The van der Waals surface area contributed by atoms with E-state index in [9.17, 15) is 15.8 Å². The third kappa shape index (κ3) is 4.72. The highest BCUT2D eigenvalue weighted by molar-refractivity contribution is 7.20. The van der Waals surface area contributed by atoms with Crippen LogP contribution in [0.15, 0.2) is 170 Å². The maximum Gasteiger partial charge on any atom is 0.180 e. The van der Waals surface area contributed by atoms with E-state index in [1.54, 1.807) is 0 Å². The molecule has 8 aromatic rings. The van der Waals surface area contributed by atoms with Crippen molar-refractivity contribution < 1.29 is 0 Å². The molecule has 1 heterocycles. The first-order chi connectivity index (χ1) is 24.7. The number of benzene rings is 7. The summed E-state index contributed by atoms with van der Waals surface area (Å²) in [5.41, 5.74) is 5.97. The number of nitriles is 3. The van der Waals surface area contributed by atoms with Gasteiger partial charge >= 0.3 is 0 Å². The molecule has 0 saturated heterocycles. The van der Waals surface area contributed by atoms with Gasteiger partial charge in [0.05, 0.1) is 51.6 Å². The van der Waals surface area contributed by atoms with Crippen LogP contribution in [-0.2, 0) is 0 Å². The van der Waals surface area contributed by atoms with E-state index in [1.807, 2.05) is 72.8 Å². The van der Waals surface area contributed by atoms with Gasteiger partial charge in [0, 0.05) is 21.9 Å². The molecule has 0 N–H and O–H groups in total. The number of aromatic nitrogens is 1. The van der Waals surface area contributed by atoms with Gasteiger partial charge in [-0.2, -0.15) is 15.8 Å². The van der Waals surface area contributed by atoms with Crippen LogP contribution in [0.2, 0.25) is 0 Å². The predicted octanol–water partition coefficient (Wildman–Crippen LogP) is 7.44. The van der Waals surface area contributed by atoms with Crippen molar-refractivity contribution in [1.29, 1.82) is 15.8 Å². The molecule has 232 valence electrons. The van der Waals surface area contributed by atoms with Gasteiger partial charge < -0.3 is 4.57 Å². The van der Waals surface area contributed by atoms with Crippen LogP contribution in [0.25, 0.3) is 38.6 Å². The highest BCUT2D eigenvalue weighted by Crippen LogP contribution is 2.38. The first-order valence-corrected chi connectivity index (χ1v) is 18.4. The summed E-state index contributed by atoms with van der Waals surface area (Å²) >= 11 is 0. The van der Waals surface area contributed by atoms with Crippen molar-refractivity contribution in [2.75, 3.05) is 0 Å². The van der Waals surface area contributed by atoms with Crippen molar-refractivity contribution in [2.24, 2.45) is 0 Å². The summed E-state index contributed by atoms with van der Waals surface area (Å²) in [6, 6.07) is 64.8. The van der Waals surface area contributed by atoms with Crippen molar-refractivity contribution in [3.8, 4) is 35.0 Å². The first kappa shape index (κ1) is 30.4. The summed E-state index contributed by atoms with van der Waals surface area (Å²) < 4.78 is 2.19. The van der Waals surface area contributed by atoms with Gasteiger partial charge in [0.15, 0.2) is 8.07 Å². The zero-order valence-electron chi connectivity index (χ0n) is 27.0. The average molecular weight is 653 g/mol. The van der Waals surface area contributed by atoms with Crippen molar-refractivity contribution in [1.82, 2.24) is 4.57 Å². The van der Waals surface area contributed by atoms with Crippen LogP contribution in [0.5, 0.6) is 0 Å². The number of para-hydroxylation sites is 1. The molecule has 0 amide bonds. The second-order valence-electron chi connectivity index (χ2n) is 12.2. The number of nitrogens with zero attached hydrogens (tertiary/aromatic N) is 4.